The zero-order chi connectivity index (χ0) is 26.4. The summed E-state index contributed by atoms with van der Waals surface area (Å²) < 4.78 is 20.0. The van der Waals surface area contributed by atoms with Gasteiger partial charge in [0.2, 0.25) is 0 Å². The number of hydrogen-bond donors (Lipinski definition) is 0. The van der Waals surface area contributed by atoms with E-state index in [0.29, 0.717) is 20.8 Å². The molecular formula is C30H25BrN2O4S. The molecule has 0 saturated carbocycles. The third-order valence-corrected chi connectivity index (χ3v) is 8.70. The number of hydrogen-bond acceptors (Lipinski definition) is 6. The van der Waals surface area contributed by atoms with E-state index >= 15 is 0 Å². The monoisotopic (exact) mass is 588 g/mol. The van der Waals surface area contributed by atoms with Gasteiger partial charge in [0.25, 0.3) is 5.56 Å². The number of fused-ring (bicyclic) bond motifs is 3. The number of benzene rings is 3. The van der Waals surface area contributed by atoms with Gasteiger partial charge >= 0.3 is 0 Å². The van der Waals surface area contributed by atoms with E-state index in [2.05, 4.69) is 34.1 Å². The number of aromatic nitrogens is 1. The Morgan fingerprint density at radius 1 is 0.947 bits per heavy atom. The lowest BCUT2D eigenvalue weighted by atomic mass is 9.83. The van der Waals surface area contributed by atoms with Crippen molar-refractivity contribution in [2.75, 3.05) is 21.3 Å². The minimum atomic E-state index is -0.308. The van der Waals surface area contributed by atoms with Crippen LogP contribution in [0.25, 0.3) is 11.8 Å². The summed E-state index contributed by atoms with van der Waals surface area (Å²) in [6.45, 7) is 0. The summed E-state index contributed by atoms with van der Waals surface area (Å²) in [6, 6.07) is 19.7. The average Bonchev–Trinajstić information content (AvgIpc) is 3.26. The van der Waals surface area contributed by atoms with Crippen molar-refractivity contribution < 1.29 is 14.2 Å². The van der Waals surface area contributed by atoms with Gasteiger partial charge in [-0.25, -0.2) is 4.99 Å². The standard InChI is InChI=1S/C30H25BrN2O4S/c1-35-23-11-7-6-10-20(23)28-21-13-12-17-8-4-5-9-19(17)27(21)32-30-33(28)29(34)26(38-30)15-18-14-22(31)25(37-3)16-24(18)36-2/h4-11,14-16,28H,12-13H2,1-3H3/b26-15+/t28-/m1/s1. The van der Waals surface area contributed by atoms with E-state index < -0.39 is 0 Å². The number of thiazole rings is 1. The molecule has 6 nitrogen and oxygen atoms in total. The first-order valence-corrected chi connectivity index (χ1v) is 13.8. The van der Waals surface area contributed by atoms with E-state index in [-0.39, 0.29) is 11.6 Å². The lowest BCUT2D eigenvalue weighted by Gasteiger charge is -2.31. The lowest BCUT2D eigenvalue weighted by molar-refractivity contribution is 0.392. The highest BCUT2D eigenvalue weighted by atomic mass is 79.9. The van der Waals surface area contributed by atoms with Crippen LogP contribution >= 0.6 is 27.3 Å². The molecule has 8 heteroatoms. The van der Waals surface area contributed by atoms with Gasteiger partial charge in [0.15, 0.2) is 4.80 Å². The molecule has 0 fully saturated rings. The molecule has 1 aliphatic heterocycles. The molecule has 0 radical (unpaired) electrons. The molecule has 1 aliphatic carbocycles. The summed E-state index contributed by atoms with van der Waals surface area (Å²) in [5, 5.41) is 0. The van der Waals surface area contributed by atoms with Gasteiger partial charge in [0.1, 0.15) is 17.2 Å². The number of allylic oxidation sites excluding steroid dienone is 1. The number of methoxy groups -OCH3 is 3. The van der Waals surface area contributed by atoms with Gasteiger partial charge in [-0.2, -0.15) is 0 Å². The van der Waals surface area contributed by atoms with Crippen molar-refractivity contribution in [3.05, 3.63) is 113 Å². The van der Waals surface area contributed by atoms with Crippen molar-refractivity contribution in [2.24, 2.45) is 4.99 Å². The van der Waals surface area contributed by atoms with E-state index in [4.69, 9.17) is 19.2 Å². The second-order valence-corrected chi connectivity index (χ2v) is 10.9. The second-order valence-electron chi connectivity index (χ2n) is 9.08. The van der Waals surface area contributed by atoms with Crippen molar-refractivity contribution in [1.29, 1.82) is 0 Å². The Morgan fingerprint density at radius 3 is 2.47 bits per heavy atom. The minimum Gasteiger partial charge on any atom is -0.496 e. The maximum absolute atomic E-state index is 14.1. The van der Waals surface area contributed by atoms with E-state index in [1.54, 1.807) is 27.4 Å². The fourth-order valence-corrected chi connectivity index (χ4v) is 6.84. The maximum Gasteiger partial charge on any atom is 0.271 e. The summed E-state index contributed by atoms with van der Waals surface area (Å²) in [4.78, 5) is 19.8. The molecule has 1 atom stereocenters. The number of para-hydroxylation sites is 1. The highest BCUT2D eigenvalue weighted by molar-refractivity contribution is 9.10. The van der Waals surface area contributed by atoms with Crippen LogP contribution in [-0.2, 0) is 6.42 Å². The van der Waals surface area contributed by atoms with Gasteiger partial charge in [-0.05, 0) is 58.1 Å². The first-order valence-electron chi connectivity index (χ1n) is 12.2. The van der Waals surface area contributed by atoms with Crippen molar-refractivity contribution in [1.82, 2.24) is 4.57 Å². The Hall–Kier alpha value is -3.62. The van der Waals surface area contributed by atoms with Crippen LogP contribution in [0.4, 0.5) is 0 Å². The van der Waals surface area contributed by atoms with Crippen LogP contribution < -0.4 is 29.1 Å². The molecule has 0 saturated heterocycles. The van der Waals surface area contributed by atoms with Crippen molar-refractivity contribution in [3.8, 4) is 17.2 Å². The molecular weight excluding hydrogens is 564 g/mol. The van der Waals surface area contributed by atoms with Crippen LogP contribution in [0.1, 0.15) is 34.7 Å². The zero-order valence-corrected chi connectivity index (χ0v) is 23.6. The first-order chi connectivity index (χ1) is 18.5. The Kier molecular flexibility index (Phi) is 6.45. The molecule has 2 heterocycles. The highest BCUT2D eigenvalue weighted by Crippen LogP contribution is 2.43. The van der Waals surface area contributed by atoms with Gasteiger partial charge in [0, 0.05) is 22.8 Å². The Labute approximate surface area is 232 Å². The maximum atomic E-state index is 14.1. The summed E-state index contributed by atoms with van der Waals surface area (Å²) in [6.07, 6.45) is 3.59. The molecule has 38 heavy (non-hydrogen) atoms. The molecule has 4 aromatic rings. The second kappa shape index (κ2) is 9.93. The normalized spacial score (nSPS) is 16.3. The van der Waals surface area contributed by atoms with Crippen LogP contribution in [0.5, 0.6) is 17.2 Å². The van der Waals surface area contributed by atoms with Gasteiger partial charge < -0.3 is 14.2 Å². The Balaban J connectivity index is 1.63. The SMILES string of the molecule is COc1cc(OC)c(/C=c2/sc3n(c2=O)[C@H](c2ccccc2OC)C2=C(N=3)c3ccccc3CC2)cc1Br. The molecule has 1 aromatic heterocycles. The summed E-state index contributed by atoms with van der Waals surface area (Å²) in [5.74, 6) is 2.02. The third kappa shape index (κ3) is 3.99. The summed E-state index contributed by atoms with van der Waals surface area (Å²) in [5.41, 5.74) is 6.14. The molecule has 0 N–H and O–H groups in total. The smallest absolute Gasteiger partial charge is 0.271 e. The summed E-state index contributed by atoms with van der Waals surface area (Å²) in [7, 11) is 4.88. The fraction of sp³-hybridized carbons (Fsp3) is 0.200. The topological polar surface area (TPSA) is 62.0 Å². The number of halogens is 1. The molecule has 0 bridgehead atoms. The number of aryl methyl sites for hydroxylation is 1. The molecule has 0 spiro atoms. The van der Waals surface area contributed by atoms with Crippen LogP contribution in [0, 0.1) is 0 Å². The van der Waals surface area contributed by atoms with Crippen LogP contribution in [-0.4, -0.2) is 25.9 Å². The highest BCUT2D eigenvalue weighted by Gasteiger charge is 2.34. The van der Waals surface area contributed by atoms with E-state index in [0.717, 1.165) is 51.0 Å². The van der Waals surface area contributed by atoms with E-state index in [1.807, 2.05) is 47.0 Å². The molecule has 0 unspecified atom stereocenters. The Morgan fingerprint density at radius 2 is 1.68 bits per heavy atom. The molecule has 0 amide bonds. The fourth-order valence-electron chi connectivity index (χ4n) is 5.33. The predicted octanol–water partition coefficient (Wildman–Crippen LogP) is 5.11. The van der Waals surface area contributed by atoms with Gasteiger partial charge in [0.05, 0.1) is 42.1 Å². The van der Waals surface area contributed by atoms with Crippen molar-refractivity contribution >= 4 is 39.0 Å². The van der Waals surface area contributed by atoms with Crippen LogP contribution in [0.2, 0.25) is 0 Å². The average molecular weight is 590 g/mol. The van der Waals surface area contributed by atoms with Crippen LogP contribution in [0.15, 0.2) is 80.5 Å². The Bertz CT molecular complexity index is 1790. The van der Waals surface area contributed by atoms with Gasteiger partial charge in [-0.1, -0.05) is 53.8 Å². The lowest BCUT2D eigenvalue weighted by Crippen LogP contribution is -2.39. The predicted molar refractivity (Wildman–Crippen MR) is 153 cm³/mol. The third-order valence-electron chi connectivity index (χ3n) is 7.10. The molecule has 3 aromatic carbocycles. The quantitative estimate of drug-likeness (QED) is 0.325. The minimum absolute atomic E-state index is 0.0935. The number of ether oxygens (including phenoxy) is 3. The first kappa shape index (κ1) is 24.7. The van der Waals surface area contributed by atoms with Gasteiger partial charge in [-0.3, -0.25) is 9.36 Å². The van der Waals surface area contributed by atoms with Gasteiger partial charge in [-0.15, -0.1) is 0 Å². The van der Waals surface area contributed by atoms with E-state index in [9.17, 15) is 4.79 Å². The number of nitrogens with zero attached hydrogens (tertiary/aromatic N) is 2. The molecule has 192 valence electrons. The van der Waals surface area contributed by atoms with Crippen molar-refractivity contribution in [3.63, 3.8) is 0 Å². The largest absolute Gasteiger partial charge is 0.496 e. The summed E-state index contributed by atoms with van der Waals surface area (Å²) >= 11 is 4.94. The van der Waals surface area contributed by atoms with Crippen molar-refractivity contribution in [2.45, 2.75) is 18.9 Å². The number of rotatable bonds is 5. The van der Waals surface area contributed by atoms with E-state index in [1.165, 1.54) is 16.9 Å². The molecule has 2 aliphatic rings. The van der Waals surface area contributed by atoms with Crippen LogP contribution in [0.3, 0.4) is 0 Å². The molecule has 6 rings (SSSR count). The zero-order valence-electron chi connectivity index (χ0n) is 21.2.